The van der Waals surface area contributed by atoms with Crippen LogP contribution >= 0.6 is 0 Å². The highest BCUT2D eigenvalue weighted by atomic mass is 15.2. The van der Waals surface area contributed by atoms with Gasteiger partial charge in [0, 0.05) is 19.3 Å². The molecule has 3 heteroatoms. The summed E-state index contributed by atoms with van der Waals surface area (Å²) in [5.74, 6) is 1.91. The first kappa shape index (κ1) is 13.3. The molecule has 1 unspecified atom stereocenters. The van der Waals surface area contributed by atoms with Gasteiger partial charge in [-0.3, -0.25) is 0 Å². The fourth-order valence-electron chi connectivity index (χ4n) is 2.57. The number of hydrogen-bond donors (Lipinski definition) is 1. The Morgan fingerprint density at radius 2 is 2.33 bits per heavy atom. The zero-order valence-corrected chi connectivity index (χ0v) is 11.7. The average Bonchev–Trinajstić information content (AvgIpc) is 2.40. The number of pyridine rings is 1. The van der Waals surface area contributed by atoms with E-state index < -0.39 is 0 Å². The summed E-state index contributed by atoms with van der Waals surface area (Å²) in [6.07, 6.45) is 5.82. The molecule has 1 fully saturated rings. The molecule has 0 spiro atoms. The molecule has 2 heterocycles. The molecule has 1 N–H and O–H groups in total. The number of hydrogen-bond acceptors (Lipinski definition) is 3. The Hall–Kier alpha value is -1.09. The van der Waals surface area contributed by atoms with E-state index in [-0.39, 0.29) is 0 Å². The third kappa shape index (κ3) is 3.70. The van der Waals surface area contributed by atoms with Crippen LogP contribution in [-0.2, 0) is 0 Å². The van der Waals surface area contributed by atoms with Gasteiger partial charge < -0.3 is 10.2 Å². The van der Waals surface area contributed by atoms with Crippen molar-refractivity contribution in [2.24, 2.45) is 5.92 Å². The zero-order valence-electron chi connectivity index (χ0n) is 11.7. The van der Waals surface area contributed by atoms with Gasteiger partial charge in [0.25, 0.3) is 0 Å². The maximum absolute atomic E-state index is 4.54. The van der Waals surface area contributed by atoms with Gasteiger partial charge in [-0.05, 0) is 56.8 Å². The molecule has 0 aromatic carbocycles. The van der Waals surface area contributed by atoms with Crippen LogP contribution in [0.3, 0.4) is 0 Å². The molecule has 1 aromatic rings. The van der Waals surface area contributed by atoms with Crippen LogP contribution in [0.2, 0.25) is 0 Å². The van der Waals surface area contributed by atoms with Crippen molar-refractivity contribution in [1.29, 1.82) is 0 Å². The highest BCUT2D eigenvalue weighted by Gasteiger charge is 2.20. The van der Waals surface area contributed by atoms with E-state index >= 15 is 0 Å². The van der Waals surface area contributed by atoms with E-state index in [1.54, 1.807) is 0 Å². The fraction of sp³-hybridized carbons (Fsp3) is 0.667. The normalized spacial score (nSPS) is 20.1. The highest BCUT2D eigenvalue weighted by Crippen LogP contribution is 2.21. The molecule has 0 amide bonds. The van der Waals surface area contributed by atoms with Crippen molar-refractivity contribution in [2.45, 2.75) is 33.1 Å². The lowest BCUT2D eigenvalue weighted by Gasteiger charge is -2.33. The Morgan fingerprint density at radius 3 is 3.06 bits per heavy atom. The molecular weight excluding hydrogens is 222 g/mol. The van der Waals surface area contributed by atoms with E-state index in [0.29, 0.717) is 0 Å². The molecule has 100 valence electrons. The van der Waals surface area contributed by atoms with Crippen LogP contribution in [0.5, 0.6) is 0 Å². The second-order valence-corrected chi connectivity index (χ2v) is 5.35. The standard InChI is InChI=1S/C15H25N3/c1-3-8-16-11-14-5-4-9-18(12-14)15-7-6-13(2)10-17-15/h6-7,10,14,16H,3-5,8-9,11-12H2,1-2H3. The minimum Gasteiger partial charge on any atom is -0.356 e. The Balaban J connectivity index is 1.88. The van der Waals surface area contributed by atoms with Crippen LogP contribution in [0, 0.1) is 12.8 Å². The van der Waals surface area contributed by atoms with Gasteiger partial charge in [0.05, 0.1) is 0 Å². The maximum Gasteiger partial charge on any atom is 0.128 e. The number of aryl methyl sites for hydroxylation is 1. The summed E-state index contributed by atoms with van der Waals surface area (Å²) in [6.45, 7) is 8.89. The van der Waals surface area contributed by atoms with Crippen molar-refractivity contribution >= 4 is 5.82 Å². The van der Waals surface area contributed by atoms with E-state index in [1.807, 2.05) is 6.20 Å². The Labute approximate surface area is 111 Å². The molecule has 0 radical (unpaired) electrons. The lowest BCUT2D eigenvalue weighted by atomic mass is 9.98. The van der Waals surface area contributed by atoms with Crippen molar-refractivity contribution in [3.05, 3.63) is 23.9 Å². The average molecular weight is 247 g/mol. The molecule has 0 bridgehead atoms. The first-order valence-corrected chi connectivity index (χ1v) is 7.18. The van der Waals surface area contributed by atoms with Crippen molar-refractivity contribution < 1.29 is 0 Å². The molecule has 2 rings (SSSR count). The number of aromatic nitrogens is 1. The highest BCUT2D eigenvalue weighted by molar-refractivity contribution is 5.39. The smallest absolute Gasteiger partial charge is 0.128 e. The first-order chi connectivity index (χ1) is 8.79. The summed E-state index contributed by atoms with van der Waals surface area (Å²) in [4.78, 5) is 6.97. The van der Waals surface area contributed by atoms with Gasteiger partial charge in [0.1, 0.15) is 5.82 Å². The van der Waals surface area contributed by atoms with E-state index in [2.05, 4.69) is 41.2 Å². The number of piperidine rings is 1. The third-order valence-corrected chi connectivity index (χ3v) is 3.60. The van der Waals surface area contributed by atoms with Crippen molar-refractivity contribution in [1.82, 2.24) is 10.3 Å². The van der Waals surface area contributed by atoms with Crippen LogP contribution in [0.4, 0.5) is 5.82 Å². The monoisotopic (exact) mass is 247 g/mol. The quantitative estimate of drug-likeness (QED) is 0.811. The Bertz CT molecular complexity index is 347. The third-order valence-electron chi connectivity index (χ3n) is 3.60. The number of nitrogens with zero attached hydrogens (tertiary/aromatic N) is 2. The lowest BCUT2D eigenvalue weighted by Crippen LogP contribution is -2.40. The first-order valence-electron chi connectivity index (χ1n) is 7.18. The van der Waals surface area contributed by atoms with Crippen LogP contribution < -0.4 is 10.2 Å². The summed E-state index contributed by atoms with van der Waals surface area (Å²) in [6, 6.07) is 4.30. The van der Waals surface area contributed by atoms with Crippen LogP contribution in [0.1, 0.15) is 31.7 Å². The number of rotatable bonds is 5. The lowest BCUT2D eigenvalue weighted by molar-refractivity contribution is 0.391. The Kier molecular flexibility index (Phi) is 5.00. The molecule has 1 atom stereocenters. The van der Waals surface area contributed by atoms with E-state index in [1.165, 1.54) is 24.8 Å². The topological polar surface area (TPSA) is 28.2 Å². The maximum atomic E-state index is 4.54. The van der Waals surface area contributed by atoms with E-state index in [4.69, 9.17) is 0 Å². The molecule has 18 heavy (non-hydrogen) atoms. The summed E-state index contributed by atoms with van der Waals surface area (Å²) < 4.78 is 0. The summed E-state index contributed by atoms with van der Waals surface area (Å²) in [5, 5.41) is 3.54. The van der Waals surface area contributed by atoms with Crippen LogP contribution in [0.25, 0.3) is 0 Å². The molecule has 0 saturated carbocycles. The largest absolute Gasteiger partial charge is 0.356 e. The second-order valence-electron chi connectivity index (χ2n) is 5.35. The number of anilines is 1. The van der Waals surface area contributed by atoms with Gasteiger partial charge >= 0.3 is 0 Å². The SMILES string of the molecule is CCCNCC1CCCN(c2ccc(C)cn2)C1. The molecular formula is C15H25N3. The summed E-state index contributed by atoms with van der Waals surface area (Å²) >= 11 is 0. The molecule has 0 aliphatic carbocycles. The zero-order chi connectivity index (χ0) is 12.8. The minimum absolute atomic E-state index is 0.772. The molecule has 1 aromatic heterocycles. The molecule has 1 aliphatic heterocycles. The van der Waals surface area contributed by atoms with Gasteiger partial charge in [0.15, 0.2) is 0 Å². The van der Waals surface area contributed by atoms with Gasteiger partial charge in [-0.2, -0.15) is 0 Å². The predicted molar refractivity (Wildman–Crippen MR) is 77.1 cm³/mol. The van der Waals surface area contributed by atoms with Gasteiger partial charge in [-0.15, -0.1) is 0 Å². The number of nitrogens with one attached hydrogen (secondary N) is 1. The van der Waals surface area contributed by atoms with Gasteiger partial charge in [-0.1, -0.05) is 13.0 Å². The van der Waals surface area contributed by atoms with Crippen molar-refractivity contribution in [3.63, 3.8) is 0 Å². The molecule has 3 nitrogen and oxygen atoms in total. The molecule has 1 aliphatic rings. The van der Waals surface area contributed by atoms with Gasteiger partial charge in [-0.25, -0.2) is 4.98 Å². The minimum atomic E-state index is 0.772. The van der Waals surface area contributed by atoms with E-state index in [0.717, 1.165) is 37.9 Å². The fourth-order valence-corrected chi connectivity index (χ4v) is 2.57. The van der Waals surface area contributed by atoms with Crippen LogP contribution in [0.15, 0.2) is 18.3 Å². The summed E-state index contributed by atoms with van der Waals surface area (Å²) in [5.41, 5.74) is 1.23. The molecule has 1 saturated heterocycles. The second kappa shape index (κ2) is 6.74. The van der Waals surface area contributed by atoms with E-state index in [9.17, 15) is 0 Å². The summed E-state index contributed by atoms with van der Waals surface area (Å²) in [7, 11) is 0. The predicted octanol–water partition coefficient (Wildman–Crippen LogP) is 2.61. The van der Waals surface area contributed by atoms with Gasteiger partial charge in [0.2, 0.25) is 0 Å². The van der Waals surface area contributed by atoms with Crippen LogP contribution in [-0.4, -0.2) is 31.2 Å². The van der Waals surface area contributed by atoms with Crippen molar-refractivity contribution in [3.8, 4) is 0 Å². The Morgan fingerprint density at radius 1 is 1.44 bits per heavy atom. The van der Waals surface area contributed by atoms with Crippen molar-refractivity contribution in [2.75, 3.05) is 31.1 Å².